The number of imidazole rings is 1. The summed E-state index contributed by atoms with van der Waals surface area (Å²) in [5.74, 6) is -0.134. The summed E-state index contributed by atoms with van der Waals surface area (Å²) >= 11 is 1.36. The molecule has 0 aliphatic heterocycles. The number of rotatable bonds is 5. The smallest absolute Gasteiger partial charge is 0.272 e. The molecule has 0 aliphatic carbocycles. The standard InChI is InChI=1S/C17H18N4O3S/c1-10(15(18)22)20(2)16(23)13-9-25-17-19-12(8-21(13)17)11-6-4-5-7-14(11)24-3/h4-10H,1-3H3,(H2,18,22). The molecule has 0 saturated heterocycles. The highest BCUT2D eigenvalue weighted by Gasteiger charge is 2.24. The Bertz CT molecular complexity index is 946. The van der Waals surface area contributed by atoms with Crippen LogP contribution >= 0.6 is 11.3 Å². The van der Waals surface area contributed by atoms with Gasteiger partial charge in [-0.3, -0.25) is 14.0 Å². The van der Waals surface area contributed by atoms with Crippen molar-refractivity contribution in [1.29, 1.82) is 0 Å². The molecule has 3 aromatic rings. The lowest BCUT2D eigenvalue weighted by Crippen LogP contribution is -2.43. The number of nitrogens with two attached hydrogens (primary N) is 1. The van der Waals surface area contributed by atoms with E-state index in [1.807, 2.05) is 24.3 Å². The van der Waals surface area contributed by atoms with E-state index < -0.39 is 11.9 Å². The molecule has 1 unspecified atom stereocenters. The van der Waals surface area contributed by atoms with E-state index in [0.717, 1.165) is 5.56 Å². The van der Waals surface area contributed by atoms with Gasteiger partial charge in [-0.05, 0) is 19.1 Å². The Morgan fingerprint density at radius 2 is 2.08 bits per heavy atom. The predicted octanol–water partition coefficient (Wildman–Crippen LogP) is 2.02. The third kappa shape index (κ3) is 2.96. The zero-order valence-corrected chi connectivity index (χ0v) is 14.9. The lowest BCUT2D eigenvalue weighted by molar-refractivity contribution is -0.121. The minimum Gasteiger partial charge on any atom is -0.496 e. The monoisotopic (exact) mass is 358 g/mol. The number of methoxy groups -OCH3 is 1. The molecule has 0 aliphatic rings. The number of carbonyl (C=O) groups is 2. The van der Waals surface area contributed by atoms with Gasteiger partial charge in [0.15, 0.2) is 4.96 Å². The Balaban J connectivity index is 2.01. The summed E-state index contributed by atoms with van der Waals surface area (Å²) < 4.78 is 7.09. The van der Waals surface area contributed by atoms with Gasteiger partial charge in [-0.2, -0.15) is 0 Å². The van der Waals surface area contributed by atoms with Crippen molar-refractivity contribution in [3.8, 4) is 17.0 Å². The maximum absolute atomic E-state index is 12.7. The normalized spacial score (nSPS) is 12.1. The van der Waals surface area contributed by atoms with Crippen LogP contribution in [-0.2, 0) is 4.79 Å². The van der Waals surface area contributed by atoms with Gasteiger partial charge in [0.2, 0.25) is 5.91 Å². The molecule has 0 fully saturated rings. The number of carbonyl (C=O) groups excluding carboxylic acids is 2. The van der Waals surface area contributed by atoms with Crippen LogP contribution in [0.25, 0.3) is 16.2 Å². The average Bonchev–Trinajstić information content (AvgIpc) is 3.20. The summed E-state index contributed by atoms with van der Waals surface area (Å²) in [7, 11) is 3.16. The molecule has 1 atom stereocenters. The highest BCUT2D eigenvalue weighted by molar-refractivity contribution is 7.15. The molecule has 2 N–H and O–H groups in total. The largest absolute Gasteiger partial charge is 0.496 e. The summed E-state index contributed by atoms with van der Waals surface area (Å²) in [6, 6.07) is 6.86. The number of primary amides is 1. The molecule has 130 valence electrons. The van der Waals surface area contributed by atoms with E-state index in [2.05, 4.69) is 4.98 Å². The molecule has 25 heavy (non-hydrogen) atoms. The van der Waals surface area contributed by atoms with Gasteiger partial charge in [0, 0.05) is 24.2 Å². The second kappa shape index (κ2) is 6.56. The fraction of sp³-hybridized carbons (Fsp3) is 0.235. The number of ether oxygens (including phenoxy) is 1. The highest BCUT2D eigenvalue weighted by atomic mass is 32.1. The van der Waals surface area contributed by atoms with Crippen molar-refractivity contribution < 1.29 is 14.3 Å². The van der Waals surface area contributed by atoms with Crippen LogP contribution in [0.4, 0.5) is 0 Å². The van der Waals surface area contributed by atoms with Crippen molar-refractivity contribution in [2.45, 2.75) is 13.0 Å². The van der Waals surface area contributed by atoms with Crippen LogP contribution in [0.3, 0.4) is 0 Å². The number of amides is 2. The van der Waals surface area contributed by atoms with E-state index in [4.69, 9.17) is 10.5 Å². The van der Waals surface area contributed by atoms with Crippen LogP contribution < -0.4 is 10.5 Å². The third-order valence-electron chi connectivity index (χ3n) is 4.12. The lowest BCUT2D eigenvalue weighted by atomic mass is 10.1. The van der Waals surface area contributed by atoms with Crippen molar-refractivity contribution in [3.05, 3.63) is 41.5 Å². The van der Waals surface area contributed by atoms with Gasteiger partial charge in [-0.25, -0.2) is 4.98 Å². The van der Waals surface area contributed by atoms with Crippen molar-refractivity contribution >= 4 is 28.1 Å². The molecule has 2 heterocycles. The Hall–Kier alpha value is -2.87. The fourth-order valence-electron chi connectivity index (χ4n) is 2.47. The van der Waals surface area contributed by atoms with Crippen LogP contribution in [0, 0.1) is 0 Å². The molecule has 7 nitrogen and oxygen atoms in total. The molecular weight excluding hydrogens is 340 g/mol. The van der Waals surface area contributed by atoms with Gasteiger partial charge in [-0.15, -0.1) is 11.3 Å². The van der Waals surface area contributed by atoms with Crippen LogP contribution in [0.5, 0.6) is 5.75 Å². The van der Waals surface area contributed by atoms with Crippen LogP contribution in [0.1, 0.15) is 17.4 Å². The van der Waals surface area contributed by atoms with E-state index in [1.165, 1.54) is 16.2 Å². The maximum atomic E-state index is 12.7. The topological polar surface area (TPSA) is 89.9 Å². The second-order valence-electron chi connectivity index (χ2n) is 5.59. The minimum atomic E-state index is -0.695. The first-order valence-corrected chi connectivity index (χ1v) is 8.48. The van der Waals surface area contributed by atoms with Crippen LogP contribution in [0.15, 0.2) is 35.8 Å². The van der Waals surface area contributed by atoms with Gasteiger partial charge < -0.3 is 15.4 Å². The first-order chi connectivity index (χ1) is 11.9. The molecule has 0 spiro atoms. The number of likely N-dealkylation sites (N-methyl/N-ethyl adjacent to an activating group) is 1. The first-order valence-electron chi connectivity index (χ1n) is 7.60. The summed E-state index contributed by atoms with van der Waals surface area (Å²) in [6.07, 6.45) is 1.79. The van der Waals surface area contributed by atoms with E-state index in [-0.39, 0.29) is 5.91 Å². The van der Waals surface area contributed by atoms with Gasteiger partial charge >= 0.3 is 0 Å². The maximum Gasteiger partial charge on any atom is 0.272 e. The second-order valence-corrected chi connectivity index (χ2v) is 6.43. The Labute approximate surface area is 148 Å². The van der Waals surface area contributed by atoms with Crippen LogP contribution in [0.2, 0.25) is 0 Å². The molecule has 2 aromatic heterocycles. The number of hydrogen-bond acceptors (Lipinski definition) is 5. The number of hydrogen-bond donors (Lipinski definition) is 1. The Morgan fingerprint density at radius 3 is 2.76 bits per heavy atom. The molecule has 0 radical (unpaired) electrons. The SMILES string of the molecule is COc1ccccc1-c1cn2c(C(=O)N(C)C(C)C(N)=O)csc2n1. The molecule has 8 heteroatoms. The summed E-state index contributed by atoms with van der Waals surface area (Å²) in [6.45, 7) is 1.60. The van der Waals surface area contributed by atoms with E-state index in [9.17, 15) is 9.59 Å². The lowest BCUT2D eigenvalue weighted by Gasteiger charge is -2.21. The number of nitrogens with zero attached hydrogens (tertiary/aromatic N) is 3. The summed E-state index contributed by atoms with van der Waals surface area (Å²) in [5, 5.41) is 1.72. The zero-order chi connectivity index (χ0) is 18.1. The quantitative estimate of drug-likeness (QED) is 0.755. The fourth-order valence-corrected chi connectivity index (χ4v) is 3.32. The van der Waals surface area contributed by atoms with Gasteiger partial charge in [-0.1, -0.05) is 12.1 Å². The molecule has 1 aromatic carbocycles. The van der Waals surface area contributed by atoms with Crippen molar-refractivity contribution in [1.82, 2.24) is 14.3 Å². The molecule has 2 amide bonds. The molecule has 0 bridgehead atoms. The van der Waals surface area contributed by atoms with Gasteiger partial charge in [0.05, 0.1) is 12.8 Å². The first kappa shape index (κ1) is 17.0. The summed E-state index contributed by atoms with van der Waals surface area (Å²) in [4.78, 5) is 30.6. The van der Waals surface area contributed by atoms with E-state index in [0.29, 0.717) is 22.1 Å². The Kier molecular flexibility index (Phi) is 4.45. The number of para-hydroxylation sites is 1. The molecular formula is C17H18N4O3S. The molecule has 3 rings (SSSR count). The van der Waals surface area contributed by atoms with E-state index in [1.54, 1.807) is 37.1 Å². The highest BCUT2D eigenvalue weighted by Crippen LogP contribution is 2.30. The zero-order valence-electron chi connectivity index (χ0n) is 14.1. The minimum absolute atomic E-state index is 0.290. The van der Waals surface area contributed by atoms with Crippen molar-refractivity contribution in [2.75, 3.05) is 14.2 Å². The number of aromatic nitrogens is 2. The number of fused-ring (bicyclic) bond motifs is 1. The summed E-state index contributed by atoms with van der Waals surface area (Å²) in [5.41, 5.74) is 7.28. The number of benzene rings is 1. The van der Waals surface area contributed by atoms with Gasteiger partial charge in [0.1, 0.15) is 17.5 Å². The third-order valence-corrected chi connectivity index (χ3v) is 4.96. The van der Waals surface area contributed by atoms with Gasteiger partial charge in [0.25, 0.3) is 5.91 Å². The Morgan fingerprint density at radius 1 is 1.36 bits per heavy atom. The number of thiazole rings is 1. The molecule has 0 saturated carbocycles. The predicted molar refractivity (Wildman–Crippen MR) is 95.8 cm³/mol. The van der Waals surface area contributed by atoms with Crippen molar-refractivity contribution in [2.24, 2.45) is 5.73 Å². The van der Waals surface area contributed by atoms with Crippen molar-refractivity contribution in [3.63, 3.8) is 0 Å². The average molecular weight is 358 g/mol. The van der Waals surface area contributed by atoms with Crippen LogP contribution in [-0.4, -0.2) is 46.3 Å². The van der Waals surface area contributed by atoms with E-state index >= 15 is 0 Å².